The summed E-state index contributed by atoms with van der Waals surface area (Å²) >= 11 is 0. The number of rotatable bonds is 9. The summed E-state index contributed by atoms with van der Waals surface area (Å²) in [5, 5.41) is 11.4. The number of carbonyl (C=O) groups excluding carboxylic acids is 1. The van der Waals surface area contributed by atoms with E-state index in [2.05, 4.69) is 0 Å². The second-order valence-corrected chi connectivity index (χ2v) is 8.37. The number of hydrogen-bond donors (Lipinski definition) is 1. The number of methoxy groups -OCH3 is 3. The van der Waals surface area contributed by atoms with Crippen molar-refractivity contribution in [3.8, 4) is 34.1 Å². The molecule has 1 unspecified atom stereocenters. The summed E-state index contributed by atoms with van der Waals surface area (Å²) < 4.78 is 46.9. The van der Waals surface area contributed by atoms with Crippen molar-refractivity contribution in [2.45, 2.75) is 19.3 Å². The Hall–Kier alpha value is -3.91. The number of fused-ring (bicyclic) bond motifs is 1. The van der Waals surface area contributed by atoms with Crippen molar-refractivity contribution < 1.29 is 32.9 Å². The first-order valence-electron chi connectivity index (χ1n) is 11.4. The molecule has 1 atom stereocenters. The molecule has 0 fully saturated rings. The van der Waals surface area contributed by atoms with Gasteiger partial charge in [-0.3, -0.25) is 4.79 Å². The Kier molecular flexibility index (Phi) is 7.26. The van der Waals surface area contributed by atoms with Gasteiger partial charge in [0.2, 0.25) is 0 Å². The zero-order valence-corrected chi connectivity index (χ0v) is 20.5. The molecule has 1 aromatic heterocycles. The number of aldehydes is 1. The van der Waals surface area contributed by atoms with E-state index in [1.54, 1.807) is 35.9 Å². The minimum atomic E-state index is -0.625. The van der Waals surface area contributed by atoms with Gasteiger partial charge in [0.25, 0.3) is 0 Å². The standard InChI is InChI=1S/C28H27F2NO5/c1-5-16(15-34-2)28-26(17-6-7-18(14-32)24(10-17)35-3)27-22(11-19(29)12-23(27)33)31(28)20-8-9-21(30)25(13-20)36-4/h6-14,16,33H,5,15H2,1-4H3. The average molecular weight is 496 g/mol. The van der Waals surface area contributed by atoms with Gasteiger partial charge in [-0.25, -0.2) is 8.78 Å². The van der Waals surface area contributed by atoms with Crippen LogP contribution in [0.1, 0.15) is 35.3 Å². The molecule has 188 valence electrons. The molecule has 1 heterocycles. The zero-order chi connectivity index (χ0) is 26.0. The molecule has 6 nitrogen and oxygen atoms in total. The molecule has 0 aliphatic carbocycles. The molecule has 4 aromatic rings. The van der Waals surface area contributed by atoms with Crippen molar-refractivity contribution in [1.29, 1.82) is 0 Å². The first-order valence-corrected chi connectivity index (χ1v) is 11.4. The largest absolute Gasteiger partial charge is 0.507 e. The lowest BCUT2D eigenvalue weighted by Crippen LogP contribution is -2.12. The molecule has 0 aliphatic heterocycles. The number of ether oxygens (including phenoxy) is 3. The Morgan fingerprint density at radius 2 is 1.75 bits per heavy atom. The summed E-state index contributed by atoms with van der Waals surface area (Å²) in [7, 11) is 4.43. The van der Waals surface area contributed by atoms with Gasteiger partial charge in [-0.05, 0) is 42.3 Å². The van der Waals surface area contributed by atoms with Gasteiger partial charge in [-0.15, -0.1) is 0 Å². The fraction of sp³-hybridized carbons (Fsp3) is 0.250. The van der Waals surface area contributed by atoms with Gasteiger partial charge in [0.05, 0.1) is 37.3 Å². The fourth-order valence-corrected chi connectivity index (χ4v) is 4.68. The first-order chi connectivity index (χ1) is 17.4. The van der Waals surface area contributed by atoms with Crippen LogP contribution in [0.3, 0.4) is 0 Å². The van der Waals surface area contributed by atoms with E-state index in [4.69, 9.17) is 14.2 Å². The molecule has 0 saturated carbocycles. The van der Waals surface area contributed by atoms with Crippen molar-refractivity contribution >= 4 is 17.2 Å². The van der Waals surface area contributed by atoms with Crippen LogP contribution in [0.5, 0.6) is 17.2 Å². The number of carbonyl (C=O) groups is 1. The molecule has 0 aliphatic rings. The van der Waals surface area contributed by atoms with Gasteiger partial charge in [-0.1, -0.05) is 13.0 Å². The number of phenols is 1. The summed E-state index contributed by atoms with van der Waals surface area (Å²) in [6.07, 6.45) is 1.35. The van der Waals surface area contributed by atoms with Crippen LogP contribution in [0.2, 0.25) is 0 Å². The van der Waals surface area contributed by atoms with Crippen LogP contribution in [0.25, 0.3) is 27.7 Å². The maximum atomic E-state index is 14.7. The van der Waals surface area contributed by atoms with Crippen molar-refractivity contribution in [3.05, 3.63) is 71.4 Å². The maximum absolute atomic E-state index is 14.7. The summed E-state index contributed by atoms with van der Waals surface area (Å²) in [5.74, 6) is -1.21. The highest BCUT2D eigenvalue weighted by Crippen LogP contribution is 2.46. The van der Waals surface area contributed by atoms with E-state index >= 15 is 0 Å². The maximum Gasteiger partial charge on any atom is 0.165 e. The molecule has 0 amide bonds. The van der Waals surface area contributed by atoms with E-state index in [9.17, 15) is 18.7 Å². The monoisotopic (exact) mass is 495 g/mol. The Morgan fingerprint density at radius 3 is 2.39 bits per heavy atom. The Bertz CT molecular complexity index is 1430. The van der Waals surface area contributed by atoms with Crippen molar-refractivity contribution in [1.82, 2.24) is 4.57 Å². The van der Waals surface area contributed by atoms with E-state index in [1.165, 1.54) is 32.4 Å². The molecule has 0 radical (unpaired) electrons. The molecule has 0 saturated heterocycles. The van der Waals surface area contributed by atoms with Gasteiger partial charge in [0.15, 0.2) is 17.9 Å². The van der Waals surface area contributed by atoms with Gasteiger partial charge < -0.3 is 23.9 Å². The molecule has 1 N–H and O–H groups in total. The average Bonchev–Trinajstić information content (AvgIpc) is 3.22. The van der Waals surface area contributed by atoms with E-state index in [0.29, 0.717) is 58.3 Å². The molecule has 4 rings (SSSR count). The summed E-state index contributed by atoms with van der Waals surface area (Å²) in [6, 6.07) is 11.9. The first kappa shape index (κ1) is 25.2. The number of halogens is 2. The summed E-state index contributed by atoms with van der Waals surface area (Å²) in [6.45, 7) is 2.34. The van der Waals surface area contributed by atoms with Crippen LogP contribution in [0, 0.1) is 11.6 Å². The predicted molar refractivity (Wildman–Crippen MR) is 134 cm³/mol. The normalized spacial score (nSPS) is 12.1. The molecule has 36 heavy (non-hydrogen) atoms. The number of aromatic nitrogens is 1. The third kappa shape index (κ3) is 4.28. The number of nitrogens with zero attached hydrogens (tertiary/aromatic N) is 1. The minimum absolute atomic E-state index is 0.0271. The molecule has 3 aromatic carbocycles. The van der Waals surface area contributed by atoms with Crippen LogP contribution in [0.4, 0.5) is 8.78 Å². The lowest BCUT2D eigenvalue weighted by molar-refractivity contribution is 0.112. The second-order valence-electron chi connectivity index (χ2n) is 8.37. The third-order valence-electron chi connectivity index (χ3n) is 6.34. The molecule has 0 spiro atoms. The van der Waals surface area contributed by atoms with Gasteiger partial charge >= 0.3 is 0 Å². The summed E-state index contributed by atoms with van der Waals surface area (Å²) in [4.78, 5) is 11.5. The van der Waals surface area contributed by atoms with Crippen molar-refractivity contribution in [3.63, 3.8) is 0 Å². The highest BCUT2D eigenvalue weighted by Gasteiger charge is 2.28. The lowest BCUT2D eigenvalue weighted by Gasteiger charge is -2.21. The Morgan fingerprint density at radius 1 is 1.00 bits per heavy atom. The van der Waals surface area contributed by atoms with Crippen LogP contribution >= 0.6 is 0 Å². The summed E-state index contributed by atoms with van der Waals surface area (Å²) in [5.41, 5.74) is 3.29. The van der Waals surface area contributed by atoms with E-state index in [1.807, 2.05) is 6.92 Å². The molecule has 0 bridgehead atoms. The Labute approximate surface area is 207 Å². The minimum Gasteiger partial charge on any atom is -0.507 e. The van der Waals surface area contributed by atoms with Gasteiger partial charge in [0.1, 0.15) is 17.3 Å². The number of benzene rings is 3. The van der Waals surface area contributed by atoms with Gasteiger partial charge in [0, 0.05) is 42.1 Å². The van der Waals surface area contributed by atoms with E-state index in [-0.39, 0.29) is 17.4 Å². The van der Waals surface area contributed by atoms with E-state index in [0.717, 1.165) is 11.8 Å². The SMILES string of the molecule is CCC(COC)c1c(-c2ccc(C=O)c(OC)c2)c2c(O)cc(F)cc2n1-c1ccc(F)c(OC)c1. The van der Waals surface area contributed by atoms with Crippen molar-refractivity contribution in [2.24, 2.45) is 0 Å². The molecule has 8 heteroatoms. The second kappa shape index (κ2) is 10.4. The van der Waals surface area contributed by atoms with Crippen LogP contribution in [0.15, 0.2) is 48.5 Å². The molecular weight excluding hydrogens is 468 g/mol. The fourth-order valence-electron chi connectivity index (χ4n) is 4.68. The topological polar surface area (TPSA) is 69.9 Å². The molecular formula is C28H27F2NO5. The van der Waals surface area contributed by atoms with Crippen LogP contribution in [-0.2, 0) is 4.74 Å². The number of phenolic OH excluding ortho intramolecular Hbond substituents is 1. The third-order valence-corrected chi connectivity index (χ3v) is 6.34. The van der Waals surface area contributed by atoms with E-state index < -0.39 is 11.6 Å². The van der Waals surface area contributed by atoms with Crippen LogP contribution in [-0.4, -0.2) is 43.9 Å². The zero-order valence-electron chi connectivity index (χ0n) is 20.5. The van der Waals surface area contributed by atoms with Crippen molar-refractivity contribution in [2.75, 3.05) is 27.9 Å². The smallest absolute Gasteiger partial charge is 0.165 e. The quantitative estimate of drug-likeness (QED) is 0.278. The predicted octanol–water partition coefficient (Wildman–Crippen LogP) is 6.25. The van der Waals surface area contributed by atoms with Crippen LogP contribution < -0.4 is 9.47 Å². The Balaban J connectivity index is 2.20. The number of hydrogen-bond acceptors (Lipinski definition) is 5. The number of aromatic hydroxyl groups is 1. The van der Waals surface area contributed by atoms with Gasteiger partial charge in [-0.2, -0.15) is 0 Å². The highest BCUT2D eigenvalue weighted by atomic mass is 19.1. The lowest BCUT2D eigenvalue weighted by atomic mass is 9.92. The highest BCUT2D eigenvalue weighted by molar-refractivity contribution is 6.04.